The molecule has 1 aliphatic carbocycles. The predicted molar refractivity (Wildman–Crippen MR) is 93.5 cm³/mol. The Kier molecular flexibility index (Phi) is 3.68. The van der Waals surface area contributed by atoms with Crippen LogP contribution in [0, 0.1) is 13.8 Å². The Morgan fingerprint density at radius 2 is 2.12 bits per heavy atom. The highest BCUT2D eigenvalue weighted by Gasteiger charge is 2.28. The highest BCUT2D eigenvalue weighted by atomic mass is 32.2. The van der Waals surface area contributed by atoms with Crippen LogP contribution in [-0.4, -0.2) is 35.9 Å². The minimum atomic E-state index is 0.149. The van der Waals surface area contributed by atoms with Gasteiger partial charge in [-0.3, -0.25) is 9.48 Å². The highest BCUT2D eigenvalue weighted by Crippen LogP contribution is 2.38. The van der Waals surface area contributed by atoms with Crippen molar-refractivity contribution in [3.8, 4) is 0 Å². The van der Waals surface area contributed by atoms with Crippen LogP contribution in [-0.2, 0) is 7.05 Å². The molecule has 0 aliphatic heterocycles. The molecule has 7 heteroatoms. The Morgan fingerprint density at radius 3 is 2.88 bits per heavy atom. The topological polar surface area (TPSA) is 65.6 Å². The van der Waals surface area contributed by atoms with Crippen molar-refractivity contribution in [1.29, 1.82) is 0 Å². The Balaban J connectivity index is 1.55. The third kappa shape index (κ3) is 2.53. The van der Waals surface area contributed by atoms with Gasteiger partial charge in [-0.25, -0.2) is 9.97 Å². The number of Topliss-reactive ketones (excluding diaryl/α,β-unsaturated/α-hetero) is 1. The molecule has 0 aromatic carbocycles. The van der Waals surface area contributed by atoms with Crippen molar-refractivity contribution in [1.82, 2.24) is 24.3 Å². The van der Waals surface area contributed by atoms with Crippen LogP contribution < -0.4 is 0 Å². The largest absolute Gasteiger partial charge is 0.345 e. The summed E-state index contributed by atoms with van der Waals surface area (Å²) in [6, 6.07) is 2.62. The van der Waals surface area contributed by atoms with E-state index in [1.165, 1.54) is 36.6 Å². The lowest BCUT2D eigenvalue weighted by atomic mass is 10.2. The normalized spacial score (nSPS) is 14.5. The van der Waals surface area contributed by atoms with Crippen molar-refractivity contribution in [2.24, 2.45) is 7.05 Å². The molecule has 6 nitrogen and oxygen atoms in total. The number of carbonyl (C=O) groups is 1. The minimum Gasteiger partial charge on any atom is -0.345 e. The molecule has 0 spiro atoms. The lowest BCUT2D eigenvalue weighted by Crippen LogP contribution is -2.06. The van der Waals surface area contributed by atoms with Gasteiger partial charge in [0.05, 0.1) is 17.3 Å². The van der Waals surface area contributed by atoms with Gasteiger partial charge >= 0.3 is 0 Å². The average Bonchev–Trinajstić information content (AvgIpc) is 3.26. The number of thioether (sulfide) groups is 1. The van der Waals surface area contributed by atoms with Crippen molar-refractivity contribution in [3.63, 3.8) is 0 Å². The van der Waals surface area contributed by atoms with Crippen LogP contribution in [0.2, 0.25) is 0 Å². The lowest BCUT2D eigenvalue weighted by molar-refractivity contribution is 0.102. The molecule has 0 unspecified atom stereocenters. The number of hydrogen-bond donors (Lipinski definition) is 0. The maximum atomic E-state index is 12.7. The molecular formula is C17H19N5OS. The monoisotopic (exact) mass is 341 g/mol. The maximum Gasteiger partial charge on any atom is 0.174 e. The van der Waals surface area contributed by atoms with Gasteiger partial charge in [-0.1, -0.05) is 11.8 Å². The molecule has 3 heterocycles. The van der Waals surface area contributed by atoms with E-state index in [0.29, 0.717) is 11.8 Å². The van der Waals surface area contributed by atoms with Crippen LogP contribution in [0.3, 0.4) is 0 Å². The van der Waals surface area contributed by atoms with Crippen LogP contribution in [0.5, 0.6) is 0 Å². The summed E-state index contributed by atoms with van der Waals surface area (Å²) in [6.07, 6.45) is 5.72. The fraction of sp³-hybridized carbons (Fsp3) is 0.412. The Morgan fingerprint density at radius 1 is 1.33 bits per heavy atom. The Bertz CT molecular complexity index is 938. The lowest BCUT2D eigenvalue weighted by Gasteiger charge is -2.07. The van der Waals surface area contributed by atoms with Crippen LogP contribution >= 0.6 is 11.8 Å². The van der Waals surface area contributed by atoms with Gasteiger partial charge in [0, 0.05) is 30.0 Å². The zero-order valence-electron chi connectivity index (χ0n) is 14.0. The SMILES string of the molecule is Cc1cc(C(=O)CSc2ncnc3c2cnn3C)c(C)n1C1CC1. The third-order valence-corrected chi connectivity index (χ3v) is 5.53. The van der Waals surface area contributed by atoms with E-state index in [1.807, 2.05) is 20.0 Å². The number of hydrogen-bond acceptors (Lipinski definition) is 5. The molecule has 1 fully saturated rings. The summed E-state index contributed by atoms with van der Waals surface area (Å²) in [6.45, 7) is 4.13. The minimum absolute atomic E-state index is 0.149. The van der Waals surface area contributed by atoms with Gasteiger partial charge in [0.2, 0.25) is 0 Å². The second kappa shape index (κ2) is 5.73. The second-order valence-electron chi connectivity index (χ2n) is 6.28. The van der Waals surface area contributed by atoms with Crippen LogP contribution in [0.15, 0.2) is 23.6 Å². The summed E-state index contributed by atoms with van der Waals surface area (Å²) in [5, 5.41) is 5.90. The summed E-state index contributed by atoms with van der Waals surface area (Å²) in [5.74, 6) is 0.520. The van der Waals surface area contributed by atoms with E-state index in [2.05, 4.69) is 26.6 Å². The zero-order chi connectivity index (χ0) is 16.8. The second-order valence-corrected chi connectivity index (χ2v) is 7.25. The molecule has 3 aromatic heterocycles. The van der Waals surface area contributed by atoms with Crippen molar-refractivity contribution < 1.29 is 4.79 Å². The molecule has 0 N–H and O–H groups in total. The van der Waals surface area contributed by atoms with E-state index in [0.717, 1.165) is 27.3 Å². The molecular weight excluding hydrogens is 322 g/mol. The molecule has 124 valence electrons. The fourth-order valence-electron chi connectivity index (χ4n) is 3.22. The molecule has 0 saturated heterocycles. The van der Waals surface area contributed by atoms with Gasteiger partial charge < -0.3 is 4.57 Å². The van der Waals surface area contributed by atoms with Crippen molar-refractivity contribution >= 4 is 28.6 Å². The quantitative estimate of drug-likeness (QED) is 0.405. The fourth-order valence-corrected chi connectivity index (χ4v) is 4.07. The molecule has 4 rings (SSSR count). The summed E-state index contributed by atoms with van der Waals surface area (Å²) < 4.78 is 4.02. The molecule has 1 saturated carbocycles. The van der Waals surface area contributed by atoms with E-state index >= 15 is 0 Å². The predicted octanol–water partition coefficient (Wildman–Crippen LogP) is 3.09. The number of ketones is 1. The molecule has 0 amide bonds. The van der Waals surface area contributed by atoms with E-state index in [1.54, 1.807) is 10.9 Å². The van der Waals surface area contributed by atoms with Gasteiger partial charge in [-0.2, -0.15) is 5.10 Å². The number of rotatable bonds is 5. The first-order valence-electron chi connectivity index (χ1n) is 8.03. The van der Waals surface area contributed by atoms with Crippen molar-refractivity contribution in [2.45, 2.75) is 37.8 Å². The molecule has 0 atom stereocenters. The first-order valence-corrected chi connectivity index (χ1v) is 9.02. The standard InChI is InChI=1S/C17H19N5OS/c1-10-6-13(11(2)22(10)12-4-5-12)15(23)8-24-17-14-7-20-21(3)16(14)18-9-19-17/h6-7,9,12H,4-5,8H2,1-3H3. The van der Waals surface area contributed by atoms with Crippen LogP contribution in [0.1, 0.15) is 40.6 Å². The third-order valence-electron chi connectivity index (χ3n) is 4.53. The number of nitrogens with zero attached hydrogens (tertiary/aromatic N) is 5. The van der Waals surface area contributed by atoms with Crippen molar-refractivity contribution in [3.05, 3.63) is 35.5 Å². The molecule has 24 heavy (non-hydrogen) atoms. The van der Waals surface area contributed by atoms with Gasteiger partial charge in [0.25, 0.3) is 0 Å². The molecule has 0 bridgehead atoms. The van der Waals surface area contributed by atoms with Crippen LogP contribution in [0.25, 0.3) is 11.0 Å². The van der Waals surface area contributed by atoms with E-state index in [4.69, 9.17) is 0 Å². The molecule has 0 radical (unpaired) electrons. The summed E-state index contributed by atoms with van der Waals surface area (Å²) in [5.41, 5.74) is 3.89. The van der Waals surface area contributed by atoms with Crippen molar-refractivity contribution in [2.75, 3.05) is 5.75 Å². The number of fused-ring (bicyclic) bond motifs is 1. The zero-order valence-corrected chi connectivity index (χ0v) is 14.8. The average molecular weight is 341 g/mol. The van der Waals surface area contributed by atoms with E-state index in [-0.39, 0.29) is 5.78 Å². The van der Waals surface area contributed by atoms with Gasteiger partial charge in [0.15, 0.2) is 11.4 Å². The van der Waals surface area contributed by atoms with Gasteiger partial charge in [-0.15, -0.1) is 0 Å². The van der Waals surface area contributed by atoms with Gasteiger partial charge in [0.1, 0.15) is 11.4 Å². The number of aryl methyl sites for hydroxylation is 2. The Hall–Kier alpha value is -2.15. The summed E-state index contributed by atoms with van der Waals surface area (Å²) in [7, 11) is 1.85. The Labute approximate surface area is 144 Å². The first-order chi connectivity index (χ1) is 11.6. The number of carbonyl (C=O) groups excluding carboxylic acids is 1. The summed E-state index contributed by atoms with van der Waals surface area (Å²) >= 11 is 1.45. The van der Waals surface area contributed by atoms with E-state index in [9.17, 15) is 4.79 Å². The van der Waals surface area contributed by atoms with Gasteiger partial charge in [-0.05, 0) is 32.8 Å². The smallest absolute Gasteiger partial charge is 0.174 e. The van der Waals surface area contributed by atoms with Crippen LogP contribution in [0.4, 0.5) is 0 Å². The number of aromatic nitrogens is 5. The maximum absolute atomic E-state index is 12.7. The van der Waals surface area contributed by atoms with E-state index < -0.39 is 0 Å². The molecule has 1 aliphatic rings. The molecule has 3 aromatic rings. The highest BCUT2D eigenvalue weighted by molar-refractivity contribution is 8.00. The first kappa shape index (κ1) is 15.4. The summed E-state index contributed by atoms with van der Waals surface area (Å²) in [4.78, 5) is 21.2.